The molecule has 2 heterocycles. The zero-order chi connectivity index (χ0) is 50.7. The average Bonchev–Trinajstić information content (AvgIpc) is 3.95. The van der Waals surface area contributed by atoms with Gasteiger partial charge < -0.3 is 48.9 Å². The van der Waals surface area contributed by atoms with Crippen LogP contribution in [0.25, 0.3) is 41.6 Å². The standard InChI is InChI=1S/C24H30N2O5S.C20H22N2O5S.C2HF3O.C2H6/c1-24(2,3)31-22(27)16-29-12-11-28-13-14-30-19-9-10-20-21(15-19)32-23(26-20)17-5-7-18(25-4)8-6-17;1-21-15-4-2-14(3-5-15)20-22-17-7-6-16(12-18(17)28-20)27-11-10-25-8-9-26-13-19(23)24;3-2(4,5)1-6;1-2/h5-10,15,25H,11-14,16H2,1-4H3;2-7,12,21H,8-11,13H2,1H3,(H,23,24);1H;1-2H3/i;;;1D. The number of rotatable bonds is 22. The van der Waals surface area contributed by atoms with Crippen molar-refractivity contribution in [1.82, 2.24) is 9.97 Å². The van der Waals surface area contributed by atoms with Crippen molar-refractivity contribution in [2.45, 2.75) is 46.4 Å². The summed E-state index contributed by atoms with van der Waals surface area (Å²) in [5.74, 6) is 0.180. The van der Waals surface area contributed by atoms with E-state index in [1.807, 2.05) is 95.5 Å². The van der Waals surface area contributed by atoms with Crippen molar-refractivity contribution in [2.75, 3.05) is 90.8 Å². The fourth-order valence-corrected chi connectivity index (χ4v) is 7.36. The summed E-state index contributed by atoms with van der Waals surface area (Å²) >= 11 is 3.27. The molecule has 20 heteroatoms. The van der Waals surface area contributed by atoms with Crippen LogP contribution in [0.4, 0.5) is 24.5 Å². The van der Waals surface area contributed by atoms with Crippen molar-refractivity contribution >= 4 is 72.7 Å². The van der Waals surface area contributed by atoms with Gasteiger partial charge in [-0.1, -0.05) is 13.8 Å². The maximum atomic E-state index is 11.5. The van der Waals surface area contributed by atoms with E-state index in [1.165, 1.54) is 0 Å². The van der Waals surface area contributed by atoms with E-state index in [2.05, 4.69) is 34.9 Å². The maximum absolute atomic E-state index is 11.5. The first kappa shape index (κ1) is 54.7. The fourth-order valence-electron chi connectivity index (χ4n) is 5.36. The van der Waals surface area contributed by atoms with Gasteiger partial charge in [-0.15, -0.1) is 22.7 Å². The van der Waals surface area contributed by atoms with Gasteiger partial charge in [-0.2, -0.15) is 13.2 Å². The molecule has 370 valence electrons. The van der Waals surface area contributed by atoms with Gasteiger partial charge >= 0.3 is 18.1 Å². The number of carboxylic acids is 1. The molecule has 3 N–H and O–H groups in total. The molecule has 0 saturated heterocycles. The first-order valence-electron chi connectivity index (χ1n) is 21.9. The van der Waals surface area contributed by atoms with Crippen molar-refractivity contribution in [2.24, 2.45) is 0 Å². The first-order valence-corrected chi connectivity index (χ1v) is 22.8. The number of hydrogen-bond acceptors (Lipinski definition) is 16. The van der Waals surface area contributed by atoms with E-state index in [0.717, 1.165) is 64.4 Å². The third-order valence-corrected chi connectivity index (χ3v) is 10.4. The van der Waals surface area contributed by atoms with Crippen molar-refractivity contribution in [3.05, 3.63) is 84.9 Å². The molecular weight excluding hydrogens is 930 g/mol. The number of benzene rings is 4. The topological polar surface area (TPSA) is 186 Å². The Bertz CT molecular complexity index is 2430. The second-order valence-corrected chi connectivity index (χ2v) is 16.7. The van der Waals surface area contributed by atoms with Gasteiger partial charge in [-0.05, 0) is 106 Å². The van der Waals surface area contributed by atoms with E-state index in [1.54, 1.807) is 29.6 Å². The molecule has 0 bridgehead atoms. The number of alkyl halides is 3. The number of aliphatic carboxylic acids is 1. The minimum atomic E-state index is -4.64. The molecule has 6 rings (SSSR count). The molecule has 0 amide bonds. The summed E-state index contributed by atoms with van der Waals surface area (Å²) in [6, 6.07) is 28.1. The van der Waals surface area contributed by atoms with E-state index >= 15 is 0 Å². The van der Waals surface area contributed by atoms with Gasteiger partial charge in [0.2, 0.25) is 6.29 Å². The van der Waals surface area contributed by atoms with Crippen LogP contribution in [0.2, 0.25) is 0 Å². The highest BCUT2D eigenvalue weighted by atomic mass is 32.1. The lowest BCUT2D eigenvalue weighted by Gasteiger charge is -2.19. The average molecular weight is 990 g/mol. The molecule has 0 radical (unpaired) electrons. The van der Waals surface area contributed by atoms with Gasteiger partial charge in [0.05, 0.1) is 60.1 Å². The molecule has 0 aliphatic heterocycles. The third kappa shape index (κ3) is 21.8. The Balaban J connectivity index is 0.000000312. The minimum Gasteiger partial charge on any atom is -0.491 e. The molecule has 15 nitrogen and oxygen atoms in total. The second kappa shape index (κ2) is 29.8. The lowest BCUT2D eigenvalue weighted by Crippen LogP contribution is -2.27. The zero-order valence-corrected chi connectivity index (χ0v) is 40.4. The van der Waals surface area contributed by atoms with E-state index < -0.39 is 24.0 Å². The summed E-state index contributed by atoms with van der Waals surface area (Å²) in [4.78, 5) is 40.0. The normalized spacial score (nSPS) is 11.2. The number of carbonyl (C=O) groups excluding carboxylic acids is 2. The number of anilines is 2. The number of nitrogens with one attached hydrogen (secondary N) is 2. The van der Waals surface area contributed by atoms with Gasteiger partial charge in [0.1, 0.15) is 53.5 Å². The number of aldehydes is 1. The number of esters is 1. The van der Waals surface area contributed by atoms with Crippen LogP contribution in [0.15, 0.2) is 84.9 Å². The predicted octanol–water partition coefficient (Wildman–Crippen LogP) is 10.0. The number of thiazole rings is 2. The van der Waals surface area contributed by atoms with E-state index in [-0.39, 0.29) is 25.8 Å². The molecule has 0 aliphatic carbocycles. The number of fused-ring (bicyclic) bond motifs is 2. The summed E-state index contributed by atoms with van der Waals surface area (Å²) in [5, 5.41) is 16.6. The van der Waals surface area contributed by atoms with E-state index in [4.69, 9.17) is 54.4 Å². The number of hydrogen-bond donors (Lipinski definition) is 3. The summed E-state index contributed by atoms with van der Waals surface area (Å²) in [6.07, 6.45) is -5.70. The third-order valence-electron chi connectivity index (χ3n) is 8.30. The summed E-state index contributed by atoms with van der Waals surface area (Å²) in [7, 11) is 3.80. The van der Waals surface area contributed by atoms with Gasteiger partial charge in [-0.25, -0.2) is 19.6 Å². The molecule has 0 fully saturated rings. The van der Waals surface area contributed by atoms with Crippen LogP contribution in [0.1, 0.15) is 36.0 Å². The van der Waals surface area contributed by atoms with Crippen LogP contribution < -0.4 is 20.1 Å². The number of carboxylic acid groups (broad SMARTS) is 1. The van der Waals surface area contributed by atoms with Crippen LogP contribution in [0, 0.1) is 0 Å². The molecule has 68 heavy (non-hydrogen) atoms. The number of ether oxygens (including phenoxy) is 7. The van der Waals surface area contributed by atoms with Crippen LogP contribution in [-0.4, -0.2) is 125 Å². The largest absolute Gasteiger partial charge is 0.491 e. The van der Waals surface area contributed by atoms with Crippen LogP contribution >= 0.6 is 22.7 Å². The zero-order valence-electron chi connectivity index (χ0n) is 39.8. The fraction of sp³-hybridized carbons (Fsp3) is 0.396. The Morgan fingerprint density at radius 1 is 0.662 bits per heavy atom. The highest BCUT2D eigenvalue weighted by Gasteiger charge is 2.25. The smallest absolute Gasteiger partial charge is 0.446 e. The second-order valence-electron chi connectivity index (χ2n) is 14.6. The van der Waals surface area contributed by atoms with Crippen molar-refractivity contribution in [3.8, 4) is 32.6 Å². The minimum absolute atomic E-state index is 0.0758. The molecular formula is C48H59F3N4O11S2. The highest BCUT2D eigenvalue weighted by molar-refractivity contribution is 7.22. The highest BCUT2D eigenvalue weighted by Crippen LogP contribution is 2.34. The van der Waals surface area contributed by atoms with Crippen molar-refractivity contribution in [1.29, 1.82) is 0 Å². The van der Waals surface area contributed by atoms with Gasteiger partial charge in [0.15, 0.2) is 0 Å². The van der Waals surface area contributed by atoms with Crippen molar-refractivity contribution < 1.29 is 67.2 Å². The predicted molar refractivity (Wildman–Crippen MR) is 260 cm³/mol. The van der Waals surface area contributed by atoms with Crippen LogP contribution in [0.5, 0.6) is 11.5 Å². The van der Waals surface area contributed by atoms with E-state index in [9.17, 15) is 22.8 Å². The van der Waals surface area contributed by atoms with Gasteiger partial charge in [-0.3, -0.25) is 4.79 Å². The Labute approximate surface area is 403 Å². The molecule has 4 aromatic carbocycles. The number of aromatic nitrogens is 2. The lowest BCUT2D eigenvalue weighted by molar-refractivity contribution is -0.160. The number of nitrogens with zero attached hydrogens (tertiary/aromatic N) is 2. The Morgan fingerprint density at radius 3 is 1.41 bits per heavy atom. The molecule has 0 atom stereocenters. The summed E-state index contributed by atoms with van der Waals surface area (Å²) in [5.41, 5.74) is 5.70. The van der Waals surface area contributed by atoms with Gasteiger partial charge in [0, 0.05) is 38.0 Å². The Hall–Kier alpha value is -5.90. The molecule has 0 aliphatic rings. The number of halogens is 3. The molecule has 6 aromatic rings. The molecule has 2 aromatic heterocycles. The molecule has 0 spiro atoms. The molecule has 0 unspecified atom stereocenters. The number of carbonyl (C=O) groups is 3. The quantitative estimate of drug-likeness (QED) is 0.0331. The molecule has 0 saturated carbocycles. The summed E-state index contributed by atoms with van der Waals surface area (Å²) in [6.45, 7) is 10.3. The van der Waals surface area contributed by atoms with E-state index in [0.29, 0.717) is 53.1 Å². The lowest BCUT2D eigenvalue weighted by atomic mass is 10.2. The maximum Gasteiger partial charge on any atom is 0.446 e. The van der Waals surface area contributed by atoms with Crippen molar-refractivity contribution in [3.63, 3.8) is 0 Å². The summed E-state index contributed by atoms with van der Waals surface area (Å²) < 4.78 is 77.2. The van der Waals surface area contributed by atoms with Crippen LogP contribution in [-0.2, 0) is 38.1 Å². The first-order chi connectivity index (χ1) is 33.0. The monoisotopic (exact) mass is 989 g/mol. The Kier molecular flexibility index (Phi) is 23.9. The van der Waals surface area contributed by atoms with Crippen LogP contribution in [0.3, 0.4) is 0 Å². The van der Waals surface area contributed by atoms with Gasteiger partial charge in [0.25, 0.3) is 0 Å². The Morgan fingerprint density at radius 2 is 1.04 bits per heavy atom. The SMILES string of the molecule is CNc1ccc(-c2nc3ccc(OCCOCCOCC(=O)O)cc3s2)cc1.CNc1ccc(-c2nc3ccc(OCCOCCOCC(=O)OC(C)(C)C)cc3s2)cc1.O=CC(F)(F)F.[2H]CC.